The van der Waals surface area contributed by atoms with Crippen LogP contribution in [0.25, 0.3) is 0 Å². The van der Waals surface area contributed by atoms with Gasteiger partial charge in [-0.3, -0.25) is 14.7 Å². The molecule has 8 heteroatoms. The molecule has 0 aliphatic rings. The van der Waals surface area contributed by atoms with Crippen LogP contribution in [0.3, 0.4) is 0 Å². The van der Waals surface area contributed by atoms with Gasteiger partial charge in [0.15, 0.2) is 0 Å². The van der Waals surface area contributed by atoms with Crippen molar-refractivity contribution in [3.05, 3.63) is 62.3 Å². The first-order valence-electron chi connectivity index (χ1n) is 5.77. The lowest BCUT2D eigenvalue weighted by molar-refractivity contribution is -0.385. The molecule has 1 heterocycles. The zero-order valence-electron chi connectivity index (χ0n) is 10.3. The summed E-state index contributed by atoms with van der Waals surface area (Å²) < 4.78 is 1.18. The van der Waals surface area contributed by atoms with Gasteiger partial charge in [0.05, 0.1) is 21.8 Å². The van der Waals surface area contributed by atoms with Crippen LogP contribution in [0.2, 0.25) is 5.02 Å². The molecule has 1 aromatic carbocycles. The normalized spacial score (nSPS) is 10.2. The first-order chi connectivity index (χ1) is 9.58. The molecule has 104 valence electrons. The van der Waals surface area contributed by atoms with Crippen LogP contribution in [0.15, 0.2) is 41.5 Å². The van der Waals surface area contributed by atoms with E-state index in [4.69, 9.17) is 11.6 Å². The number of hydrogen-bond donors (Lipinski definition) is 1. The van der Waals surface area contributed by atoms with E-state index in [0.717, 1.165) is 11.9 Å². The van der Waals surface area contributed by atoms with Crippen molar-refractivity contribution in [1.29, 1.82) is 0 Å². The van der Waals surface area contributed by atoms with E-state index in [9.17, 15) is 14.9 Å². The van der Waals surface area contributed by atoms with E-state index >= 15 is 0 Å². The van der Waals surface area contributed by atoms with E-state index in [0.29, 0.717) is 11.6 Å². The lowest BCUT2D eigenvalue weighted by Gasteiger charge is -2.09. The van der Waals surface area contributed by atoms with Crippen LogP contribution in [0.1, 0.15) is 0 Å². The van der Waals surface area contributed by atoms with Crippen LogP contribution >= 0.6 is 11.6 Å². The molecule has 0 fully saturated rings. The predicted octanol–water partition coefficient (Wildman–Crippen LogP) is 1.92. The molecule has 1 aromatic heterocycles. The number of nitro groups is 1. The third-order valence-electron chi connectivity index (χ3n) is 2.59. The number of nitrogens with zero attached hydrogens (tertiary/aromatic N) is 3. The first-order valence-corrected chi connectivity index (χ1v) is 6.15. The monoisotopic (exact) mass is 294 g/mol. The molecular weight excluding hydrogens is 284 g/mol. The molecular formula is C12H11ClN4O3. The van der Waals surface area contributed by atoms with Crippen molar-refractivity contribution in [2.75, 3.05) is 11.9 Å². The summed E-state index contributed by atoms with van der Waals surface area (Å²) in [6, 6.07) is 7.18. The number of rotatable bonds is 5. The fourth-order valence-electron chi connectivity index (χ4n) is 1.61. The summed E-state index contributed by atoms with van der Waals surface area (Å²) in [5.41, 5.74) is -0.0143. The zero-order chi connectivity index (χ0) is 14.5. The summed E-state index contributed by atoms with van der Waals surface area (Å²) >= 11 is 5.97. The highest BCUT2D eigenvalue weighted by atomic mass is 35.5. The Morgan fingerprint density at radius 2 is 2.15 bits per heavy atom. The van der Waals surface area contributed by atoms with Crippen molar-refractivity contribution < 1.29 is 4.92 Å². The quantitative estimate of drug-likeness (QED) is 0.672. The molecule has 0 aliphatic heterocycles. The van der Waals surface area contributed by atoms with Gasteiger partial charge in [0.1, 0.15) is 6.20 Å². The van der Waals surface area contributed by atoms with Crippen LogP contribution in [-0.4, -0.2) is 21.0 Å². The second kappa shape index (κ2) is 6.16. The van der Waals surface area contributed by atoms with Crippen LogP contribution in [0, 0.1) is 10.1 Å². The minimum Gasteiger partial charge on any atom is -0.382 e. The zero-order valence-corrected chi connectivity index (χ0v) is 11.1. The maximum absolute atomic E-state index is 11.5. The Labute approximate surface area is 119 Å². The average molecular weight is 295 g/mol. The average Bonchev–Trinajstić information content (AvgIpc) is 2.42. The van der Waals surface area contributed by atoms with E-state index in [1.807, 2.05) is 12.1 Å². The van der Waals surface area contributed by atoms with Gasteiger partial charge in [-0.1, -0.05) is 23.7 Å². The molecule has 0 amide bonds. The largest absolute Gasteiger partial charge is 0.382 e. The van der Waals surface area contributed by atoms with E-state index in [1.54, 1.807) is 12.1 Å². The fourth-order valence-corrected chi connectivity index (χ4v) is 1.82. The second-order valence-corrected chi connectivity index (χ2v) is 4.36. The maximum Gasteiger partial charge on any atom is 0.348 e. The number of benzene rings is 1. The molecule has 0 bridgehead atoms. The Bertz CT molecular complexity index is 686. The summed E-state index contributed by atoms with van der Waals surface area (Å²) in [4.78, 5) is 25.0. The summed E-state index contributed by atoms with van der Waals surface area (Å²) in [6.07, 6.45) is 2.12. The summed E-state index contributed by atoms with van der Waals surface area (Å²) in [5.74, 6) is 0. The Hall–Kier alpha value is -2.41. The Balaban J connectivity index is 2.04. The summed E-state index contributed by atoms with van der Waals surface area (Å²) in [7, 11) is 0. The van der Waals surface area contributed by atoms with Gasteiger partial charge < -0.3 is 5.32 Å². The van der Waals surface area contributed by atoms with E-state index in [2.05, 4.69) is 10.3 Å². The van der Waals surface area contributed by atoms with Gasteiger partial charge in [-0.2, -0.15) is 4.98 Å². The van der Waals surface area contributed by atoms with Crippen molar-refractivity contribution in [2.45, 2.75) is 6.54 Å². The first kappa shape index (κ1) is 14.0. The molecule has 7 nitrogen and oxygen atoms in total. The number of halogens is 1. The van der Waals surface area contributed by atoms with Crippen molar-refractivity contribution >= 4 is 23.0 Å². The van der Waals surface area contributed by atoms with Gasteiger partial charge >= 0.3 is 11.4 Å². The molecule has 0 aliphatic carbocycles. The molecule has 0 unspecified atom stereocenters. The second-order valence-electron chi connectivity index (χ2n) is 3.95. The minimum absolute atomic E-state index is 0.220. The standard InChI is InChI=1S/C12H11ClN4O3/c13-10-3-1-2-4-11(10)14-5-6-16-8-9(17(19)20)7-15-12(16)18/h1-4,7-8,14H,5-6H2. The molecule has 1 N–H and O–H groups in total. The van der Waals surface area contributed by atoms with E-state index < -0.39 is 10.6 Å². The molecule has 0 saturated heterocycles. The molecule has 0 atom stereocenters. The Kier molecular flexibility index (Phi) is 4.31. The van der Waals surface area contributed by atoms with Crippen molar-refractivity contribution in [3.63, 3.8) is 0 Å². The van der Waals surface area contributed by atoms with Crippen molar-refractivity contribution in [2.24, 2.45) is 0 Å². The highest BCUT2D eigenvalue weighted by Gasteiger charge is 2.08. The van der Waals surface area contributed by atoms with Crippen LogP contribution in [-0.2, 0) is 6.54 Å². The summed E-state index contributed by atoms with van der Waals surface area (Å²) in [6.45, 7) is 0.644. The van der Waals surface area contributed by atoms with E-state index in [-0.39, 0.29) is 12.2 Å². The topological polar surface area (TPSA) is 90.1 Å². The number of hydrogen-bond acceptors (Lipinski definition) is 5. The summed E-state index contributed by atoms with van der Waals surface area (Å²) in [5, 5.41) is 14.2. The molecule has 0 saturated carbocycles. The predicted molar refractivity (Wildman–Crippen MR) is 75.1 cm³/mol. The van der Waals surface area contributed by atoms with Gasteiger partial charge in [-0.05, 0) is 12.1 Å². The van der Waals surface area contributed by atoms with Crippen LogP contribution in [0.5, 0.6) is 0 Å². The number of anilines is 1. The highest BCUT2D eigenvalue weighted by molar-refractivity contribution is 6.33. The van der Waals surface area contributed by atoms with Gasteiger partial charge in [0.2, 0.25) is 0 Å². The van der Waals surface area contributed by atoms with Gasteiger partial charge in [-0.25, -0.2) is 4.79 Å². The highest BCUT2D eigenvalue weighted by Crippen LogP contribution is 2.19. The van der Waals surface area contributed by atoms with Crippen LogP contribution < -0.4 is 11.0 Å². The smallest absolute Gasteiger partial charge is 0.348 e. The van der Waals surface area contributed by atoms with Crippen molar-refractivity contribution in [3.8, 4) is 0 Å². The van der Waals surface area contributed by atoms with Crippen LogP contribution in [0.4, 0.5) is 11.4 Å². The van der Waals surface area contributed by atoms with Gasteiger partial charge in [0, 0.05) is 13.1 Å². The lowest BCUT2D eigenvalue weighted by atomic mass is 10.3. The third kappa shape index (κ3) is 3.33. The van der Waals surface area contributed by atoms with E-state index in [1.165, 1.54) is 10.8 Å². The van der Waals surface area contributed by atoms with Crippen molar-refractivity contribution in [1.82, 2.24) is 9.55 Å². The molecule has 2 aromatic rings. The molecule has 2 rings (SSSR count). The lowest BCUT2D eigenvalue weighted by Crippen LogP contribution is -2.25. The molecule has 0 radical (unpaired) electrons. The fraction of sp³-hybridized carbons (Fsp3) is 0.167. The molecule has 20 heavy (non-hydrogen) atoms. The number of nitrogens with one attached hydrogen (secondary N) is 1. The maximum atomic E-state index is 11.5. The third-order valence-corrected chi connectivity index (χ3v) is 2.92. The van der Waals surface area contributed by atoms with Gasteiger partial charge in [0.25, 0.3) is 0 Å². The Morgan fingerprint density at radius 3 is 2.85 bits per heavy atom. The Morgan fingerprint density at radius 1 is 1.40 bits per heavy atom. The van der Waals surface area contributed by atoms with Gasteiger partial charge in [-0.15, -0.1) is 0 Å². The number of aromatic nitrogens is 2. The number of para-hydroxylation sites is 1. The minimum atomic E-state index is -0.593. The SMILES string of the molecule is O=c1ncc([N+](=O)[O-])cn1CCNc1ccccc1Cl. The molecule has 0 spiro atoms.